The van der Waals surface area contributed by atoms with Crippen LogP contribution >= 0.6 is 0 Å². The fraction of sp³-hybridized carbons (Fsp3) is 0.381. The van der Waals surface area contributed by atoms with Crippen LogP contribution in [-0.2, 0) is 4.79 Å². The van der Waals surface area contributed by atoms with Gasteiger partial charge in [0, 0.05) is 30.9 Å². The van der Waals surface area contributed by atoms with Crippen molar-refractivity contribution < 1.29 is 27.9 Å². The molecule has 2 aromatic carbocycles. The Balaban J connectivity index is 1.45. The van der Waals surface area contributed by atoms with Gasteiger partial charge in [0.05, 0.1) is 25.4 Å². The molecule has 2 atom stereocenters. The largest absolute Gasteiger partial charge is 0.490 e. The van der Waals surface area contributed by atoms with Gasteiger partial charge in [0.25, 0.3) is 5.91 Å². The summed E-state index contributed by atoms with van der Waals surface area (Å²) in [4.78, 5) is 13.5. The third-order valence-electron chi connectivity index (χ3n) is 5.25. The summed E-state index contributed by atoms with van der Waals surface area (Å²) in [5.74, 6) is -0.231. The van der Waals surface area contributed by atoms with E-state index in [-0.39, 0.29) is 24.2 Å². The van der Waals surface area contributed by atoms with Gasteiger partial charge in [-0.2, -0.15) is 0 Å². The zero-order chi connectivity index (χ0) is 19.5. The van der Waals surface area contributed by atoms with E-state index in [0.29, 0.717) is 13.2 Å². The molecule has 5 nitrogen and oxygen atoms in total. The molecule has 28 heavy (non-hydrogen) atoms. The Labute approximate surface area is 162 Å². The van der Waals surface area contributed by atoms with Crippen LogP contribution in [0.25, 0.3) is 0 Å². The maximum Gasteiger partial charge on any atom is 0.279 e. The molecule has 2 heterocycles. The number of rotatable bonds is 4. The van der Waals surface area contributed by atoms with Crippen LogP contribution in [0.15, 0.2) is 36.4 Å². The van der Waals surface area contributed by atoms with Crippen molar-refractivity contribution in [1.29, 1.82) is 0 Å². The molecule has 2 aromatic rings. The van der Waals surface area contributed by atoms with Crippen molar-refractivity contribution in [1.82, 2.24) is 0 Å². The lowest BCUT2D eigenvalue weighted by Gasteiger charge is -2.22. The van der Waals surface area contributed by atoms with E-state index in [9.17, 15) is 13.6 Å². The first-order valence-electron chi connectivity index (χ1n) is 9.59. The molecule has 0 aliphatic carbocycles. The number of halogens is 2. The van der Waals surface area contributed by atoms with E-state index in [4.69, 9.17) is 9.47 Å². The van der Waals surface area contributed by atoms with E-state index in [1.165, 1.54) is 6.07 Å². The molecule has 0 spiro atoms. The number of carbonyl (C=O) groups is 1. The van der Waals surface area contributed by atoms with Gasteiger partial charge in [-0.3, -0.25) is 4.79 Å². The Hall–Kier alpha value is -2.67. The van der Waals surface area contributed by atoms with Crippen molar-refractivity contribution in [2.45, 2.75) is 25.3 Å². The Kier molecular flexibility index (Phi) is 5.43. The molecular weight excluding hydrogens is 366 g/mol. The minimum Gasteiger partial charge on any atom is -0.490 e. The summed E-state index contributed by atoms with van der Waals surface area (Å²) in [6.45, 7) is 2.35. The molecule has 2 aliphatic heterocycles. The van der Waals surface area contributed by atoms with Crippen molar-refractivity contribution in [3.05, 3.63) is 53.6 Å². The quantitative estimate of drug-likeness (QED) is 0.845. The SMILES string of the molecule is O=C(C[NH+]1CCC[C@H]1c1ccc2c(c1)OCCCO2)Nc1ccc(F)cc1F. The van der Waals surface area contributed by atoms with Crippen LogP contribution in [0.4, 0.5) is 14.5 Å². The lowest BCUT2D eigenvalue weighted by molar-refractivity contribution is -0.910. The van der Waals surface area contributed by atoms with E-state index < -0.39 is 11.6 Å². The summed E-state index contributed by atoms with van der Waals surface area (Å²) < 4.78 is 38.3. The fourth-order valence-electron chi connectivity index (χ4n) is 3.91. The first kappa shape index (κ1) is 18.7. The molecule has 1 amide bonds. The van der Waals surface area contributed by atoms with Crippen LogP contribution in [0.3, 0.4) is 0 Å². The number of nitrogens with one attached hydrogen (secondary N) is 2. The Bertz CT molecular complexity index is 875. The van der Waals surface area contributed by atoms with Gasteiger partial charge < -0.3 is 19.7 Å². The Morgan fingerprint density at radius 1 is 1.07 bits per heavy atom. The van der Waals surface area contributed by atoms with E-state index >= 15 is 0 Å². The van der Waals surface area contributed by atoms with Gasteiger partial charge in [-0.1, -0.05) is 0 Å². The molecule has 2 aliphatic rings. The summed E-state index contributed by atoms with van der Waals surface area (Å²) in [5.41, 5.74) is 1.11. The van der Waals surface area contributed by atoms with Gasteiger partial charge in [0.15, 0.2) is 18.0 Å². The molecule has 148 valence electrons. The number of carbonyl (C=O) groups excluding carboxylic acids is 1. The van der Waals surface area contributed by atoms with Crippen LogP contribution < -0.4 is 19.7 Å². The number of quaternary nitrogens is 1. The van der Waals surface area contributed by atoms with Crippen LogP contribution in [0, 0.1) is 11.6 Å². The average Bonchev–Trinajstić information content (AvgIpc) is 2.99. The molecule has 0 radical (unpaired) electrons. The highest BCUT2D eigenvalue weighted by Crippen LogP contribution is 2.33. The Morgan fingerprint density at radius 3 is 2.71 bits per heavy atom. The minimum atomic E-state index is -0.774. The maximum atomic E-state index is 13.8. The fourth-order valence-corrected chi connectivity index (χ4v) is 3.91. The van der Waals surface area contributed by atoms with E-state index in [1.807, 2.05) is 18.2 Å². The lowest BCUT2D eigenvalue weighted by Crippen LogP contribution is -3.11. The zero-order valence-electron chi connectivity index (χ0n) is 15.5. The maximum absolute atomic E-state index is 13.8. The molecule has 7 heteroatoms. The molecule has 2 N–H and O–H groups in total. The average molecular weight is 389 g/mol. The zero-order valence-corrected chi connectivity index (χ0v) is 15.5. The minimum absolute atomic E-state index is 0.00266. The van der Waals surface area contributed by atoms with Gasteiger partial charge in [-0.05, 0) is 30.3 Å². The standard InChI is InChI=1S/C21H22F2N2O3/c22-15-5-6-17(16(23)12-15)24-21(26)13-25-8-1-3-18(25)14-4-7-19-20(11-14)28-10-2-9-27-19/h4-7,11-12,18H,1-3,8-10,13H2,(H,24,26)/p+1/t18-/m0/s1. The Morgan fingerprint density at radius 2 is 1.89 bits per heavy atom. The highest BCUT2D eigenvalue weighted by molar-refractivity contribution is 5.91. The molecule has 0 bridgehead atoms. The monoisotopic (exact) mass is 389 g/mol. The van der Waals surface area contributed by atoms with Crippen molar-refractivity contribution in [3.63, 3.8) is 0 Å². The second-order valence-electron chi connectivity index (χ2n) is 7.21. The van der Waals surface area contributed by atoms with Crippen LogP contribution in [0.2, 0.25) is 0 Å². The van der Waals surface area contributed by atoms with Gasteiger partial charge in [-0.25, -0.2) is 8.78 Å². The molecular formula is C21H23F2N2O3+. The van der Waals surface area contributed by atoms with Gasteiger partial charge in [0.1, 0.15) is 17.7 Å². The third kappa shape index (κ3) is 4.09. The van der Waals surface area contributed by atoms with E-state index in [0.717, 1.165) is 59.9 Å². The summed E-state index contributed by atoms with van der Waals surface area (Å²) in [7, 11) is 0. The summed E-state index contributed by atoms with van der Waals surface area (Å²) in [6.07, 6.45) is 2.82. The summed E-state index contributed by atoms with van der Waals surface area (Å²) in [6, 6.07) is 9.26. The first-order valence-corrected chi connectivity index (χ1v) is 9.59. The second kappa shape index (κ2) is 8.14. The van der Waals surface area contributed by atoms with E-state index in [1.54, 1.807) is 0 Å². The van der Waals surface area contributed by atoms with Crippen LogP contribution in [0.5, 0.6) is 11.5 Å². The predicted molar refractivity (Wildman–Crippen MR) is 99.7 cm³/mol. The number of benzene rings is 2. The molecule has 1 fully saturated rings. The second-order valence-corrected chi connectivity index (χ2v) is 7.21. The molecule has 0 saturated carbocycles. The van der Waals surface area contributed by atoms with Gasteiger partial charge in [0.2, 0.25) is 0 Å². The van der Waals surface area contributed by atoms with Crippen molar-refractivity contribution >= 4 is 11.6 Å². The van der Waals surface area contributed by atoms with E-state index in [2.05, 4.69) is 5.32 Å². The normalized spacial score (nSPS) is 21.2. The number of amides is 1. The number of hydrogen-bond donors (Lipinski definition) is 2. The third-order valence-corrected chi connectivity index (χ3v) is 5.25. The van der Waals surface area contributed by atoms with Crippen molar-refractivity contribution in [3.8, 4) is 11.5 Å². The highest BCUT2D eigenvalue weighted by Gasteiger charge is 2.32. The van der Waals surface area contributed by atoms with Crippen LogP contribution in [-0.4, -0.2) is 32.2 Å². The molecule has 4 rings (SSSR count). The van der Waals surface area contributed by atoms with Crippen molar-refractivity contribution in [2.75, 3.05) is 31.6 Å². The summed E-state index contributed by atoms with van der Waals surface area (Å²) in [5, 5.41) is 2.55. The van der Waals surface area contributed by atoms with Gasteiger partial charge >= 0.3 is 0 Å². The number of fused-ring (bicyclic) bond motifs is 1. The molecule has 1 saturated heterocycles. The number of ether oxygens (including phenoxy) is 2. The number of anilines is 1. The number of likely N-dealkylation sites (tertiary alicyclic amines) is 1. The van der Waals surface area contributed by atoms with Gasteiger partial charge in [-0.15, -0.1) is 0 Å². The highest BCUT2D eigenvalue weighted by atomic mass is 19.1. The van der Waals surface area contributed by atoms with Crippen LogP contribution in [0.1, 0.15) is 30.9 Å². The lowest BCUT2D eigenvalue weighted by atomic mass is 10.0. The first-order chi connectivity index (χ1) is 13.6. The molecule has 1 unspecified atom stereocenters. The summed E-state index contributed by atoms with van der Waals surface area (Å²) >= 11 is 0. The topological polar surface area (TPSA) is 52.0 Å². The van der Waals surface area contributed by atoms with Crippen molar-refractivity contribution in [2.24, 2.45) is 0 Å². The predicted octanol–water partition coefficient (Wildman–Crippen LogP) is 2.48. The molecule has 0 aromatic heterocycles. The smallest absolute Gasteiger partial charge is 0.279 e. The number of hydrogen-bond acceptors (Lipinski definition) is 3.